The van der Waals surface area contributed by atoms with Crippen LogP contribution in [0.4, 0.5) is 20.3 Å². The van der Waals surface area contributed by atoms with E-state index in [1.165, 1.54) is 22.7 Å². The first-order valence-electron chi connectivity index (χ1n) is 9.52. The molecule has 0 fully saturated rings. The Bertz CT molecular complexity index is 1600. The number of sulfone groups is 1. The van der Waals surface area contributed by atoms with Crippen LogP contribution in [0, 0.1) is 18.6 Å². The molecule has 1 N–H and O–H groups in total. The first kappa shape index (κ1) is 20.0. The Morgan fingerprint density at radius 2 is 1.72 bits per heavy atom. The smallest absolute Gasteiger partial charge is 0.229 e. The van der Waals surface area contributed by atoms with E-state index in [2.05, 4.69) is 20.6 Å². The van der Waals surface area contributed by atoms with Crippen molar-refractivity contribution in [2.75, 3.05) is 5.32 Å². The van der Waals surface area contributed by atoms with E-state index in [-0.39, 0.29) is 27.1 Å². The molecule has 5 aromatic rings. The van der Waals surface area contributed by atoms with Crippen LogP contribution in [0.25, 0.3) is 16.6 Å². The van der Waals surface area contributed by atoms with Gasteiger partial charge in [0, 0.05) is 11.5 Å². The van der Waals surface area contributed by atoms with Gasteiger partial charge in [-0.2, -0.15) is 4.52 Å². The molecule has 0 bridgehead atoms. The summed E-state index contributed by atoms with van der Waals surface area (Å²) >= 11 is 0. The van der Waals surface area contributed by atoms with Crippen LogP contribution in [0.1, 0.15) is 5.56 Å². The number of hydrogen-bond donors (Lipinski definition) is 1. The van der Waals surface area contributed by atoms with Crippen LogP contribution < -0.4 is 5.32 Å². The highest BCUT2D eigenvalue weighted by Crippen LogP contribution is 2.30. The summed E-state index contributed by atoms with van der Waals surface area (Å²) in [4.78, 5) is 4.47. The molecule has 0 radical (unpaired) electrons. The van der Waals surface area contributed by atoms with E-state index >= 15 is 0 Å². The number of hydrogen-bond acceptors (Lipinski definition) is 6. The topological polar surface area (TPSA) is 89.2 Å². The fraction of sp³-hybridized carbons (Fsp3) is 0.0455. The van der Waals surface area contributed by atoms with Crippen molar-refractivity contribution in [1.82, 2.24) is 19.8 Å². The standard InChI is InChI=1S/C22H15F2N5O2S/c1-13-6-9-15(10-7-13)32(30,31)22-21-26-20(25-18-11-8-14(23)12-17(18)24)16-4-2-3-5-19(16)29(21)28-27-22/h2-12H,1H3,(H,25,26). The van der Waals surface area contributed by atoms with Crippen LogP contribution >= 0.6 is 0 Å². The summed E-state index contributed by atoms with van der Waals surface area (Å²) in [5.41, 5.74) is 1.40. The van der Waals surface area contributed by atoms with E-state index < -0.39 is 21.5 Å². The second-order valence-corrected chi connectivity index (χ2v) is 9.04. The van der Waals surface area contributed by atoms with Gasteiger partial charge in [-0.25, -0.2) is 22.2 Å². The third-order valence-electron chi connectivity index (χ3n) is 4.99. The van der Waals surface area contributed by atoms with Crippen LogP contribution in [0.15, 0.2) is 76.7 Å². The lowest BCUT2D eigenvalue weighted by atomic mass is 10.2. The van der Waals surface area contributed by atoms with E-state index in [0.717, 1.165) is 17.7 Å². The summed E-state index contributed by atoms with van der Waals surface area (Å²) in [5.74, 6) is -1.34. The number of para-hydroxylation sites is 1. The minimum atomic E-state index is -4.02. The third kappa shape index (κ3) is 3.25. The largest absolute Gasteiger partial charge is 0.337 e. The number of rotatable bonds is 4. The Hall–Kier alpha value is -3.92. The van der Waals surface area contributed by atoms with Crippen molar-refractivity contribution >= 4 is 37.9 Å². The monoisotopic (exact) mass is 451 g/mol. The maximum atomic E-state index is 14.3. The molecule has 10 heteroatoms. The zero-order valence-electron chi connectivity index (χ0n) is 16.6. The molecule has 0 amide bonds. The van der Waals surface area contributed by atoms with Gasteiger partial charge in [0.1, 0.15) is 17.5 Å². The van der Waals surface area contributed by atoms with Gasteiger partial charge in [-0.05, 0) is 43.3 Å². The van der Waals surface area contributed by atoms with Gasteiger partial charge in [0.05, 0.1) is 16.1 Å². The fourth-order valence-corrected chi connectivity index (χ4v) is 4.60. The number of benzene rings is 3. The minimum Gasteiger partial charge on any atom is -0.337 e. The Morgan fingerprint density at radius 3 is 2.47 bits per heavy atom. The summed E-state index contributed by atoms with van der Waals surface area (Å²) in [5, 5.41) is 11.0. The summed E-state index contributed by atoms with van der Waals surface area (Å²) in [6.07, 6.45) is 0. The van der Waals surface area contributed by atoms with Crippen molar-refractivity contribution in [2.24, 2.45) is 0 Å². The molecule has 7 nitrogen and oxygen atoms in total. The van der Waals surface area contributed by atoms with Crippen molar-refractivity contribution in [3.8, 4) is 0 Å². The summed E-state index contributed by atoms with van der Waals surface area (Å²) in [7, 11) is -4.02. The molecular formula is C22H15F2N5O2S. The maximum absolute atomic E-state index is 14.3. The maximum Gasteiger partial charge on any atom is 0.229 e. The van der Waals surface area contributed by atoms with Crippen LogP contribution in [0.3, 0.4) is 0 Å². The van der Waals surface area contributed by atoms with Gasteiger partial charge in [0.25, 0.3) is 0 Å². The number of halogens is 2. The lowest BCUT2D eigenvalue weighted by Crippen LogP contribution is -2.06. The first-order valence-corrected chi connectivity index (χ1v) is 11.0. The Balaban J connectivity index is 1.74. The van der Waals surface area contributed by atoms with Gasteiger partial charge in [-0.1, -0.05) is 35.0 Å². The van der Waals surface area contributed by atoms with Crippen molar-refractivity contribution < 1.29 is 17.2 Å². The van der Waals surface area contributed by atoms with E-state index in [1.54, 1.807) is 36.4 Å². The molecular weight excluding hydrogens is 436 g/mol. The average Bonchev–Trinajstić information content (AvgIpc) is 3.21. The molecule has 0 spiro atoms. The Morgan fingerprint density at radius 1 is 0.969 bits per heavy atom. The molecule has 0 aliphatic rings. The number of nitrogens with one attached hydrogen (secondary N) is 1. The van der Waals surface area contributed by atoms with E-state index in [0.29, 0.717) is 10.9 Å². The summed E-state index contributed by atoms with van der Waals surface area (Å²) < 4.78 is 55.4. The van der Waals surface area contributed by atoms with Gasteiger partial charge in [-0.15, -0.1) is 5.10 Å². The van der Waals surface area contributed by atoms with Crippen molar-refractivity contribution in [2.45, 2.75) is 16.8 Å². The predicted octanol–water partition coefficient (Wildman–Crippen LogP) is 4.44. The zero-order chi connectivity index (χ0) is 22.5. The fourth-order valence-electron chi connectivity index (χ4n) is 3.36. The van der Waals surface area contributed by atoms with Gasteiger partial charge in [0.15, 0.2) is 5.65 Å². The Labute approximate surface area is 181 Å². The van der Waals surface area contributed by atoms with Crippen molar-refractivity contribution in [3.63, 3.8) is 0 Å². The quantitative estimate of drug-likeness (QED) is 0.435. The highest BCUT2D eigenvalue weighted by molar-refractivity contribution is 7.91. The van der Waals surface area contributed by atoms with Gasteiger partial charge in [0.2, 0.25) is 14.9 Å². The number of aryl methyl sites for hydroxylation is 1. The van der Waals surface area contributed by atoms with Crippen molar-refractivity contribution in [3.05, 3.63) is 83.9 Å². The lowest BCUT2D eigenvalue weighted by molar-refractivity contribution is 0.585. The molecule has 0 saturated heterocycles. The van der Waals surface area contributed by atoms with E-state index in [4.69, 9.17) is 0 Å². The van der Waals surface area contributed by atoms with Crippen LogP contribution in [-0.2, 0) is 9.84 Å². The van der Waals surface area contributed by atoms with Crippen LogP contribution in [0.5, 0.6) is 0 Å². The normalized spacial score (nSPS) is 11.8. The van der Waals surface area contributed by atoms with Crippen molar-refractivity contribution in [1.29, 1.82) is 0 Å². The summed E-state index contributed by atoms with van der Waals surface area (Å²) in [6.45, 7) is 1.85. The molecule has 0 aliphatic heterocycles. The molecule has 32 heavy (non-hydrogen) atoms. The lowest BCUT2D eigenvalue weighted by Gasteiger charge is -2.11. The van der Waals surface area contributed by atoms with Crippen LogP contribution in [-0.4, -0.2) is 28.2 Å². The molecule has 160 valence electrons. The van der Waals surface area contributed by atoms with Gasteiger partial charge >= 0.3 is 0 Å². The molecule has 5 rings (SSSR count). The van der Waals surface area contributed by atoms with E-state index in [9.17, 15) is 17.2 Å². The molecule has 0 aliphatic carbocycles. The number of anilines is 2. The minimum absolute atomic E-state index is 0.0104. The zero-order valence-corrected chi connectivity index (χ0v) is 17.4. The molecule has 0 unspecified atom stereocenters. The SMILES string of the molecule is Cc1ccc(S(=O)(=O)c2nnn3c2nc(Nc2ccc(F)cc2F)c2ccccc23)cc1. The summed E-state index contributed by atoms with van der Waals surface area (Å²) in [6, 6.07) is 16.4. The predicted molar refractivity (Wildman–Crippen MR) is 115 cm³/mol. The highest BCUT2D eigenvalue weighted by atomic mass is 32.2. The average molecular weight is 451 g/mol. The molecule has 2 heterocycles. The van der Waals surface area contributed by atoms with Gasteiger partial charge < -0.3 is 5.32 Å². The molecule has 0 atom stereocenters. The second kappa shape index (κ2) is 7.34. The number of aromatic nitrogens is 4. The number of nitrogens with zero attached hydrogens (tertiary/aromatic N) is 4. The van der Waals surface area contributed by atoms with Gasteiger partial charge in [-0.3, -0.25) is 0 Å². The molecule has 3 aromatic carbocycles. The second-order valence-electron chi connectivity index (χ2n) is 7.17. The highest BCUT2D eigenvalue weighted by Gasteiger charge is 2.27. The number of fused-ring (bicyclic) bond motifs is 3. The molecule has 2 aromatic heterocycles. The third-order valence-corrected chi connectivity index (χ3v) is 6.66. The van der Waals surface area contributed by atoms with Crippen LogP contribution in [0.2, 0.25) is 0 Å². The first-order chi connectivity index (χ1) is 15.3. The van der Waals surface area contributed by atoms with E-state index in [1.807, 2.05) is 6.92 Å². The molecule has 0 saturated carbocycles. The Kier molecular flexibility index (Phi) is 4.59.